The molecular formula is C146H96. The molecule has 0 saturated heterocycles. The van der Waals surface area contributed by atoms with Crippen LogP contribution in [0, 0.1) is 0 Å². The SMILES string of the molecule is c1ccc(-c2ccc(-c3ccc4c(-c5cccc6ccccc56)c5ccccc5c(-c5cccc(-c6cccc7ccccc67)c5)c4c3)cc2)cc1.c1ccc(-c2ccc(-c3ccc4c(-c5cccc6ccccc56)c5ccccc5c(-c5cccc(-c6ccccc6)c5)c4c3)cc2)cc1.c1ccc(-c2ccc(-c3ccc4c(-c5cccc6ccccc56)c5ccccc5c(-c5cccc6ccccc56)c4c3)cc2)cc1. The van der Waals surface area contributed by atoms with Crippen LogP contribution in [0.25, 0.3) is 274 Å². The van der Waals surface area contributed by atoms with E-state index in [2.05, 4.69) is 582 Å². The van der Waals surface area contributed by atoms with Crippen molar-refractivity contribution in [2.75, 3.05) is 0 Å². The molecule has 0 heteroatoms. The molecule has 0 aromatic heterocycles. The van der Waals surface area contributed by atoms with Crippen LogP contribution in [0.3, 0.4) is 0 Å². The van der Waals surface area contributed by atoms with Gasteiger partial charge in [-0.2, -0.15) is 0 Å². The molecule has 0 bridgehead atoms. The van der Waals surface area contributed by atoms with Gasteiger partial charge in [0, 0.05) is 0 Å². The summed E-state index contributed by atoms with van der Waals surface area (Å²) in [6.07, 6.45) is 0. The molecule has 0 unspecified atom stereocenters. The van der Waals surface area contributed by atoms with Gasteiger partial charge in [-0.1, -0.05) is 552 Å². The van der Waals surface area contributed by atoms with Crippen LogP contribution < -0.4 is 0 Å². The van der Waals surface area contributed by atoms with Gasteiger partial charge in [0.25, 0.3) is 0 Å². The van der Waals surface area contributed by atoms with E-state index in [1.165, 1.54) is 274 Å². The molecule has 0 aliphatic rings. The summed E-state index contributed by atoms with van der Waals surface area (Å²) in [7, 11) is 0. The second-order valence-electron chi connectivity index (χ2n) is 38.2. The molecule has 0 spiro atoms. The first-order chi connectivity index (χ1) is 72.4. The average Bonchev–Trinajstić information content (AvgIpc) is 0.727. The van der Waals surface area contributed by atoms with Gasteiger partial charge in [0.05, 0.1) is 0 Å². The summed E-state index contributed by atoms with van der Waals surface area (Å²) in [6, 6.07) is 213. The first kappa shape index (κ1) is 87.3. The van der Waals surface area contributed by atoms with Gasteiger partial charge in [-0.05, 0) is 305 Å². The number of hydrogen-bond donors (Lipinski definition) is 0. The standard InChI is InChI=1S/C52H34.C48H32.C46H30/c1-2-13-35(14-3-1)36-27-29-37(30-28-36)40-31-32-49-50(34-40)51(42-20-10-19-41(33-42)45-25-11-17-38-15-4-6-21-43(38)45)47-23-8-9-24-48(47)52(49)46-26-12-18-39-16-5-7-22-44(39)46;1-3-13-33(14-4-1)35-25-27-36(28-26-35)39-29-30-45-46(32-39)47(40-20-11-19-38(31-40)34-15-5-2-6-16-34)43-22-9-10-23-44(43)48(45)42-24-12-18-37-17-7-8-21-41(37)42;1-2-12-31(13-3-1)32-24-26-33(27-25-32)36-28-29-43-44(30-36)46(40-23-11-17-35-15-5-7-19-38(35)40)42-21-9-8-20-41(42)45(43)39-22-10-16-34-14-4-6-18-37(34)39/h1-34H;1-32H;1-30H. The molecule has 0 amide bonds. The van der Waals surface area contributed by atoms with Crippen molar-refractivity contribution in [3.05, 3.63) is 582 Å². The van der Waals surface area contributed by atoms with E-state index in [4.69, 9.17) is 0 Å². The minimum Gasteiger partial charge on any atom is -0.0622 e. The van der Waals surface area contributed by atoms with Crippen molar-refractivity contribution in [3.8, 4) is 156 Å². The molecule has 0 radical (unpaired) electrons. The monoisotopic (exact) mass is 1850 g/mol. The van der Waals surface area contributed by atoms with Gasteiger partial charge in [0.15, 0.2) is 0 Å². The number of fused-ring (bicyclic) bond motifs is 11. The second-order valence-corrected chi connectivity index (χ2v) is 38.2. The normalized spacial score (nSPS) is 11.4. The maximum absolute atomic E-state index is 2.42. The van der Waals surface area contributed by atoms with Crippen LogP contribution in [0.2, 0.25) is 0 Å². The Morgan fingerprint density at radius 2 is 0.226 bits per heavy atom. The lowest BCUT2D eigenvalue weighted by Crippen LogP contribution is -1.93. The summed E-state index contributed by atoms with van der Waals surface area (Å²) in [5.41, 5.74) is 34.7. The molecular weight excluding hydrogens is 1750 g/mol. The van der Waals surface area contributed by atoms with E-state index in [0.29, 0.717) is 0 Å². The number of benzene rings is 28. The van der Waals surface area contributed by atoms with E-state index in [1.54, 1.807) is 0 Å². The molecule has 28 aromatic rings. The summed E-state index contributed by atoms with van der Waals surface area (Å²) in [6.45, 7) is 0. The fourth-order valence-corrected chi connectivity index (χ4v) is 22.9. The Kier molecular flexibility index (Phi) is 22.8. The zero-order chi connectivity index (χ0) is 96.7. The third kappa shape index (κ3) is 16.2. The second kappa shape index (κ2) is 38.2. The van der Waals surface area contributed by atoms with Gasteiger partial charge >= 0.3 is 0 Å². The maximum atomic E-state index is 2.42. The molecule has 28 rings (SSSR count). The van der Waals surface area contributed by atoms with Crippen LogP contribution in [-0.4, -0.2) is 0 Å². The van der Waals surface area contributed by atoms with Crippen molar-refractivity contribution in [2.24, 2.45) is 0 Å². The molecule has 0 atom stereocenters. The lowest BCUT2D eigenvalue weighted by Gasteiger charge is -2.20. The lowest BCUT2D eigenvalue weighted by atomic mass is 9.83. The molecule has 146 heavy (non-hydrogen) atoms. The summed E-state index contributed by atoms with van der Waals surface area (Å²) in [5.74, 6) is 0. The first-order valence-corrected chi connectivity index (χ1v) is 50.6. The van der Waals surface area contributed by atoms with Crippen LogP contribution in [-0.2, 0) is 0 Å². The Balaban J connectivity index is 0.000000111. The summed E-state index contributed by atoms with van der Waals surface area (Å²) in [4.78, 5) is 0. The van der Waals surface area contributed by atoms with Crippen LogP contribution in [0.4, 0.5) is 0 Å². The van der Waals surface area contributed by atoms with Crippen LogP contribution in [0.15, 0.2) is 582 Å². The largest absolute Gasteiger partial charge is 0.0622 e. The molecule has 0 N–H and O–H groups in total. The van der Waals surface area contributed by atoms with Gasteiger partial charge in [-0.3, -0.25) is 0 Å². The fraction of sp³-hybridized carbons (Fsp3) is 0. The smallest absolute Gasteiger partial charge is 0.00199 e. The molecule has 0 aliphatic heterocycles. The zero-order valence-electron chi connectivity index (χ0n) is 80.4. The molecule has 0 heterocycles. The average molecular weight is 1850 g/mol. The third-order valence-electron chi connectivity index (χ3n) is 29.8. The topological polar surface area (TPSA) is 0 Å². The van der Waals surface area contributed by atoms with E-state index < -0.39 is 0 Å². The first-order valence-electron chi connectivity index (χ1n) is 50.6. The van der Waals surface area contributed by atoms with Gasteiger partial charge < -0.3 is 0 Å². The summed E-state index contributed by atoms with van der Waals surface area (Å²) < 4.78 is 0. The van der Waals surface area contributed by atoms with Crippen molar-refractivity contribution in [3.63, 3.8) is 0 Å². The van der Waals surface area contributed by atoms with Gasteiger partial charge in [0.2, 0.25) is 0 Å². The predicted molar refractivity (Wildman–Crippen MR) is 628 cm³/mol. The summed E-state index contributed by atoms with van der Waals surface area (Å²) >= 11 is 0. The highest BCUT2D eigenvalue weighted by Crippen LogP contribution is 2.53. The van der Waals surface area contributed by atoms with Crippen molar-refractivity contribution < 1.29 is 0 Å². The predicted octanol–water partition coefficient (Wildman–Crippen LogP) is 41.1. The highest BCUT2D eigenvalue weighted by molar-refractivity contribution is 6.29. The van der Waals surface area contributed by atoms with Gasteiger partial charge in [-0.25, -0.2) is 0 Å². The molecule has 680 valence electrons. The van der Waals surface area contributed by atoms with Crippen molar-refractivity contribution in [2.45, 2.75) is 0 Å². The van der Waals surface area contributed by atoms with Crippen molar-refractivity contribution in [1.29, 1.82) is 0 Å². The molecule has 28 aromatic carbocycles. The minimum atomic E-state index is 1.21. The maximum Gasteiger partial charge on any atom is -0.00199 e. The summed E-state index contributed by atoms with van der Waals surface area (Å²) in [5, 5.41) is 27.7. The lowest BCUT2D eigenvalue weighted by molar-refractivity contribution is 1.59. The Bertz CT molecular complexity index is 9840. The van der Waals surface area contributed by atoms with Gasteiger partial charge in [0.1, 0.15) is 0 Å². The molecule has 0 fully saturated rings. The van der Waals surface area contributed by atoms with E-state index >= 15 is 0 Å². The van der Waals surface area contributed by atoms with E-state index in [-0.39, 0.29) is 0 Å². The molecule has 0 saturated carbocycles. The van der Waals surface area contributed by atoms with Crippen LogP contribution >= 0.6 is 0 Å². The number of hydrogen-bond acceptors (Lipinski definition) is 0. The Hall–Kier alpha value is -19.0. The fourth-order valence-electron chi connectivity index (χ4n) is 22.9. The molecule has 0 aliphatic carbocycles. The zero-order valence-corrected chi connectivity index (χ0v) is 80.4. The van der Waals surface area contributed by atoms with E-state index in [1.807, 2.05) is 0 Å². The Morgan fingerprint density at radius 3 is 0.521 bits per heavy atom. The number of rotatable bonds is 14. The van der Waals surface area contributed by atoms with Gasteiger partial charge in [-0.15, -0.1) is 0 Å². The van der Waals surface area contributed by atoms with Crippen LogP contribution in [0.1, 0.15) is 0 Å². The Morgan fingerprint density at radius 1 is 0.0685 bits per heavy atom. The molecule has 0 nitrogen and oxygen atoms in total. The highest BCUT2D eigenvalue weighted by atomic mass is 14.3. The third-order valence-corrected chi connectivity index (χ3v) is 29.8. The quantitative estimate of drug-likeness (QED) is 0.0952. The van der Waals surface area contributed by atoms with E-state index in [0.717, 1.165) is 0 Å². The highest BCUT2D eigenvalue weighted by Gasteiger charge is 2.26. The van der Waals surface area contributed by atoms with E-state index in [9.17, 15) is 0 Å². The Labute approximate surface area is 850 Å². The van der Waals surface area contributed by atoms with Crippen LogP contribution in [0.5, 0.6) is 0 Å². The van der Waals surface area contributed by atoms with Crippen molar-refractivity contribution in [1.82, 2.24) is 0 Å². The van der Waals surface area contributed by atoms with Crippen molar-refractivity contribution >= 4 is 118 Å². The minimum absolute atomic E-state index is 1.21.